The van der Waals surface area contributed by atoms with Gasteiger partial charge in [-0.1, -0.05) is 11.3 Å². The summed E-state index contributed by atoms with van der Waals surface area (Å²) in [7, 11) is 0. The summed E-state index contributed by atoms with van der Waals surface area (Å²) in [6, 6.07) is 6.24. The number of amides is 1. The highest BCUT2D eigenvalue weighted by molar-refractivity contribution is 7.18. The molecule has 0 saturated heterocycles. The molecule has 6 nitrogen and oxygen atoms in total. The second-order valence-electron chi connectivity index (χ2n) is 4.30. The van der Waals surface area contributed by atoms with Gasteiger partial charge in [-0.2, -0.15) is 0 Å². The molecule has 0 aliphatic carbocycles. The third-order valence-electron chi connectivity index (χ3n) is 2.66. The van der Waals surface area contributed by atoms with Gasteiger partial charge in [0.25, 0.3) is 5.91 Å². The molecule has 2 heterocycles. The molecule has 0 aliphatic rings. The summed E-state index contributed by atoms with van der Waals surface area (Å²) in [5, 5.41) is 10.9. The maximum absolute atomic E-state index is 13.4. The van der Waals surface area contributed by atoms with Crippen LogP contribution in [0.25, 0.3) is 10.8 Å². The maximum Gasteiger partial charge on any atom is 0.264 e. The van der Waals surface area contributed by atoms with E-state index in [1.807, 2.05) is 0 Å². The average Bonchev–Trinajstić information content (AvgIpc) is 3.17. The fraction of sp³-hybridized carbons (Fsp3) is 0.0714. The topological polar surface area (TPSA) is 77.2 Å². The van der Waals surface area contributed by atoms with Crippen molar-refractivity contribution < 1.29 is 22.7 Å². The summed E-state index contributed by atoms with van der Waals surface area (Å²) in [5.41, 5.74) is 0. The summed E-state index contributed by atoms with van der Waals surface area (Å²) >= 11 is 1.12. The minimum atomic E-state index is -0.881. The average molecular weight is 337 g/mol. The number of nitrogens with one attached hydrogen (secondary N) is 1. The Morgan fingerprint density at radius 3 is 2.91 bits per heavy atom. The fourth-order valence-corrected chi connectivity index (χ4v) is 2.39. The molecule has 0 atom stereocenters. The molecule has 9 heteroatoms. The Morgan fingerprint density at radius 1 is 1.30 bits per heavy atom. The summed E-state index contributed by atoms with van der Waals surface area (Å²) in [6.07, 6.45) is 1.50. The zero-order valence-corrected chi connectivity index (χ0v) is 12.3. The number of hydrogen-bond donors (Lipinski definition) is 1. The SMILES string of the molecule is O=C(COc1ccc(F)cc1F)Nc1nnc(-c2ccco2)s1. The highest BCUT2D eigenvalue weighted by atomic mass is 32.1. The zero-order chi connectivity index (χ0) is 16.2. The normalized spacial score (nSPS) is 10.5. The van der Waals surface area contributed by atoms with Gasteiger partial charge in [-0.25, -0.2) is 8.78 Å². The van der Waals surface area contributed by atoms with Gasteiger partial charge in [-0.15, -0.1) is 10.2 Å². The van der Waals surface area contributed by atoms with Crippen molar-refractivity contribution in [1.29, 1.82) is 0 Å². The summed E-state index contributed by atoms with van der Waals surface area (Å²) in [6.45, 7) is -0.446. The minimum Gasteiger partial charge on any atom is -0.481 e. The number of benzene rings is 1. The zero-order valence-electron chi connectivity index (χ0n) is 11.5. The van der Waals surface area contributed by atoms with Crippen molar-refractivity contribution >= 4 is 22.4 Å². The predicted molar refractivity (Wildman–Crippen MR) is 78.1 cm³/mol. The largest absolute Gasteiger partial charge is 0.481 e. The van der Waals surface area contributed by atoms with Crippen LogP contribution >= 0.6 is 11.3 Å². The van der Waals surface area contributed by atoms with Crippen LogP contribution in [-0.2, 0) is 4.79 Å². The van der Waals surface area contributed by atoms with Crippen molar-refractivity contribution in [3.63, 3.8) is 0 Å². The Balaban J connectivity index is 1.57. The Morgan fingerprint density at radius 2 is 2.17 bits per heavy atom. The van der Waals surface area contributed by atoms with Gasteiger partial charge in [0.2, 0.25) is 5.13 Å². The lowest BCUT2D eigenvalue weighted by Crippen LogP contribution is -2.20. The van der Waals surface area contributed by atoms with Crippen molar-refractivity contribution in [2.75, 3.05) is 11.9 Å². The molecule has 0 fully saturated rings. The van der Waals surface area contributed by atoms with Gasteiger partial charge < -0.3 is 9.15 Å². The van der Waals surface area contributed by atoms with Crippen LogP contribution in [0.5, 0.6) is 5.75 Å². The van der Waals surface area contributed by atoms with Gasteiger partial charge >= 0.3 is 0 Å². The maximum atomic E-state index is 13.4. The van der Waals surface area contributed by atoms with E-state index < -0.39 is 24.1 Å². The number of furan rings is 1. The highest BCUT2D eigenvalue weighted by Crippen LogP contribution is 2.26. The van der Waals surface area contributed by atoms with E-state index in [1.165, 1.54) is 6.26 Å². The van der Waals surface area contributed by atoms with E-state index in [0.717, 1.165) is 23.5 Å². The molecule has 0 saturated carbocycles. The van der Waals surface area contributed by atoms with Crippen molar-refractivity contribution in [3.05, 3.63) is 48.2 Å². The van der Waals surface area contributed by atoms with Crippen LogP contribution in [0.2, 0.25) is 0 Å². The molecular formula is C14H9F2N3O3S. The molecule has 2 aromatic heterocycles. The van der Waals surface area contributed by atoms with E-state index in [4.69, 9.17) is 9.15 Å². The van der Waals surface area contributed by atoms with E-state index in [9.17, 15) is 13.6 Å². The van der Waals surface area contributed by atoms with E-state index in [2.05, 4.69) is 15.5 Å². The van der Waals surface area contributed by atoms with Gasteiger partial charge in [0.1, 0.15) is 5.82 Å². The van der Waals surface area contributed by atoms with Crippen molar-refractivity contribution in [2.24, 2.45) is 0 Å². The first-order valence-electron chi connectivity index (χ1n) is 6.37. The van der Waals surface area contributed by atoms with Gasteiger partial charge in [0.05, 0.1) is 6.26 Å². The Labute approximate surface area is 132 Å². The number of ether oxygens (including phenoxy) is 1. The van der Waals surface area contributed by atoms with Crippen LogP contribution in [-0.4, -0.2) is 22.7 Å². The Hall–Kier alpha value is -2.81. The van der Waals surface area contributed by atoms with Crippen molar-refractivity contribution in [3.8, 4) is 16.5 Å². The smallest absolute Gasteiger partial charge is 0.264 e. The van der Waals surface area contributed by atoms with Gasteiger partial charge in [0.15, 0.2) is 28.9 Å². The number of aromatic nitrogens is 2. The molecule has 1 aromatic carbocycles. The van der Waals surface area contributed by atoms with Crippen LogP contribution in [0.4, 0.5) is 13.9 Å². The number of rotatable bonds is 5. The van der Waals surface area contributed by atoms with Gasteiger partial charge in [0, 0.05) is 6.07 Å². The van der Waals surface area contributed by atoms with E-state index in [0.29, 0.717) is 16.8 Å². The number of carbonyl (C=O) groups excluding carboxylic acids is 1. The number of carbonyl (C=O) groups is 1. The molecule has 0 aliphatic heterocycles. The van der Waals surface area contributed by atoms with Crippen molar-refractivity contribution in [2.45, 2.75) is 0 Å². The van der Waals surface area contributed by atoms with Crippen LogP contribution in [0.15, 0.2) is 41.0 Å². The molecule has 0 bridgehead atoms. The standard InChI is InChI=1S/C14H9F2N3O3S/c15-8-3-4-10(9(16)6-8)22-7-12(20)17-14-19-18-13(23-14)11-2-1-5-21-11/h1-6H,7H2,(H,17,19,20). The van der Waals surface area contributed by atoms with Crippen LogP contribution in [0.1, 0.15) is 0 Å². The van der Waals surface area contributed by atoms with Crippen molar-refractivity contribution in [1.82, 2.24) is 10.2 Å². The molecular weight excluding hydrogens is 328 g/mol. The van der Waals surface area contributed by atoms with E-state index in [-0.39, 0.29) is 10.9 Å². The van der Waals surface area contributed by atoms with Gasteiger partial charge in [-0.3, -0.25) is 10.1 Å². The molecule has 3 aromatic rings. The monoisotopic (exact) mass is 337 g/mol. The van der Waals surface area contributed by atoms with Crippen LogP contribution < -0.4 is 10.1 Å². The summed E-state index contributed by atoms with van der Waals surface area (Å²) in [5.74, 6) is -1.83. The first-order chi connectivity index (χ1) is 11.1. The molecule has 0 radical (unpaired) electrons. The predicted octanol–water partition coefficient (Wildman–Crippen LogP) is 3.09. The molecule has 1 N–H and O–H groups in total. The van der Waals surface area contributed by atoms with Crippen LogP contribution in [0, 0.1) is 11.6 Å². The first kappa shape index (κ1) is 15.1. The second kappa shape index (κ2) is 6.53. The minimum absolute atomic E-state index is 0.213. The molecule has 0 unspecified atom stereocenters. The molecule has 118 valence electrons. The summed E-state index contributed by atoms with van der Waals surface area (Å²) < 4.78 is 36.3. The number of hydrogen-bond acceptors (Lipinski definition) is 6. The molecule has 23 heavy (non-hydrogen) atoms. The number of halogens is 2. The fourth-order valence-electron chi connectivity index (χ4n) is 1.66. The molecule has 0 spiro atoms. The molecule has 1 amide bonds. The lowest BCUT2D eigenvalue weighted by Gasteiger charge is -2.06. The second-order valence-corrected chi connectivity index (χ2v) is 5.28. The summed E-state index contributed by atoms with van der Waals surface area (Å²) in [4.78, 5) is 11.7. The van der Waals surface area contributed by atoms with E-state index in [1.54, 1.807) is 12.1 Å². The lowest BCUT2D eigenvalue weighted by atomic mass is 10.3. The Bertz CT molecular complexity index is 821. The highest BCUT2D eigenvalue weighted by Gasteiger charge is 2.12. The third-order valence-corrected chi connectivity index (χ3v) is 3.51. The number of anilines is 1. The first-order valence-corrected chi connectivity index (χ1v) is 7.18. The van der Waals surface area contributed by atoms with Crippen LogP contribution in [0.3, 0.4) is 0 Å². The number of nitrogens with zero attached hydrogens (tertiary/aromatic N) is 2. The van der Waals surface area contributed by atoms with E-state index >= 15 is 0 Å². The Kier molecular flexibility index (Phi) is 4.29. The third kappa shape index (κ3) is 3.69. The molecule has 3 rings (SSSR count). The quantitative estimate of drug-likeness (QED) is 0.774. The lowest BCUT2D eigenvalue weighted by molar-refractivity contribution is -0.118. The van der Waals surface area contributed by atoms with Gasteiger partial charge in [-0.05, 0) is 24.3 Å².